The molecule has 1 aromatic rings. The van der Waals surface area contributed by atoms with Crippen LogP contribution in [0.4, 0.5) is 0 Å². The molecule has 1 unspecified atom stereocenters. The minimum atomic E-state index is -0.120. The van der Waals surface area contributed by atoms with Gasteiger partial charge in [0.2, 0.25) is 0 Å². The summed E-state index contributed by atoms with van der Waals surface area (Å²) in [4.78, 5) is 0. The summed E-state index contributed by atoms with van der Waals surface area (Å²) >= 11 is 0. The van der Waals surface area contributed by atoms with E-state index in [1.165, 1.54) is 6.42 Å². The number of hydrogen-bond donors (Lipinski definition) is 1. The average molecular weight is 279 g/mol. The minimum Gasteiger partial charge on any atom is -0.486 e. The monoisotopic (exact) mass is 279 g/mol. The first-order valence-electron chi connectivity index (χ1n) is 7.39. The Kier molecular flexibility index (Phi) is 5.68. The molecule has 0 aromatic heterocycles. The summed E-state index contributed by atoms with van der Waals surface area (Å²) in [6.07, 6.45) is 2.28. The van der Waals surface area contributed by atoms with E-state index in [0.29, 0.717) is 19.8 Å². The van der Waals surface area contributed by atoms with E-state index in [0.717, 1.165) is 36.0 Å². The summed E-state index contributed by atoms with van der Waals surface area (Å²) in [7, 11) is 0. The lowest BCUT2D eigenvalue weighted by Gasteiger charge is -2.20. The van der Waals surface area contributed by atoms with Gasteiger partial charge in [-0.05, 0) is 36.5 Å². The van der Waals surface area contributed by atoms with Crippen molar-refractivity contribution in [1.82, 2.24) is 0 Å². The van der Waals surface area contributed by atoms with Crippen molar-refractivity contribution in [1.29, 1.82) is 0 Å². The smallest absolute Gasteiger partial charge is 0.161 e. The van der Waals surface area contributed by atoms with Gasteiger partial charge in [0.25, 0.3) is 0 Å². The third kappa shape index (κ3) is 4.39. The van der Waals surface area contributed by atoms with E-state index in [1.807, 2.05) is 18.2 Å². The Labute approximate surface area is 121 Å². The SMILES string of the molecule is CC(C)CCCOCC(N)c1ccc2c(c1)OCCO2. The molecule has 0 amide bonds. The molecule has 0 saturated carbocycles. The molecule has 1 aliphatic heterocycles. The molecule has 0 bridgehead atoms. The largest absolute Gasteiger partial charge is 0.486 e. The Bertz CT molecular complexity index is 420. The predicted octanol–water partition coefficient (Wildman–Crippen LogP) is 2.91. The first-order valence-corrected chi connectivity index (χ1v) is 7.39. The number of benzene rings is 1. The molecular formula is C16H25NO3. The molecule has 0 aliphatic carbocycles. The standard InChI is InChI=1S/C16H25NO3/c1-12(2)4-3-7-18-11-14(17)13-5-6-15-16(10-13)20-9-8-19-15/h5-6,10,12,14H,3-4,7-9,11,17H2,1-2H3. The van der Waals surface area contributed by atoms with Crippen molar-refractivity contribution in [2.75, 3.05) is 26.4 Å². The second-order valence-corrected chi connectivity index (χ2v) is 5.62. The number of fused-ring (bicyclic) bond motifs is 1. The summed E-state index contributed by atoms with van der Waals surface area (Å²) in [5.74, 6) is 2.30. The van der Waals surface area contributed by atoms with Crippen molar-refractivity contribution in [3.05, 3.63) is 23.8 Å². The molecule has 4 nitrogen and oxygen atoms in total. The highest BCUT2D eigenvalue weighted by atomic mass is 16.6. The van der Waals surface area contributed by atoms with Gasteiger partial charge < -0.3 is 19.9 Å². The molecular weight excluding hydrogens is 254 g/mol. The zero-order chi connectivity index (χ0) is 14.4. The van der Waals surface area contributed by atoms with Gasteiger partial charge in [-0.3, -0.25) is 0 Å². The molecule has 1 atom stereocenters. The highest BCUT2D eigenvalue weighted by Crippen LogP contribution is 2.32. The van der Waals surface area contributed by atoms with Gasteiger partial charge in [-0.15, -0.1) is 0 Å². The van der Waals surface area contributed by atoms with Crippen LogP contribution in [-0.4, -0.2) is 26.4 Å². The third-order valence-electron chi connectivity index (χ3n) is 3.36. The van der Waals surface area contributed by atoms with Crippen molar-refractivity contribution in [3.8, 4) is 11.5 Å². The van der Waals surface area contributed by atoms with E-state index in [-0.39, 0.29) is 6.04 Å². The maximum Gasteiger partial charge on any atom is 0.161 e. The number of nitrogens with two attached hydrogens (primary N) is 1. The van der Waals surface area contributed by atoms with Gasteiger partial charge in [0.1, 0.15) is 13.2 Å². The summed E-state index contributed by atoms with van der Waals surface area (Å²) in [5, 5.41) is 0. The molecule has 20 heavy (non-hydrogen) atoms. The molecule has 1 aliphatic rings. The van der Waals surface area contributed by atoms with Crippen LogP contribution in [0.5, 0.6) is 11.5 Å². The first-order chi connectivity index (χ1) is 9.66. The van der Waals surface area contributed by atoms with Crippen molar-refractivity contribution < 1.29 is 14.2 Å². The van der Waals surface area contributed by atoms with Crippen molar-refractivity contribution in [3.63, 3.8) is 0 Å². The van der Waals surface area contributed by atoms with Crippen LogP contribution in [0.2, 0.25) is 0 Å². The van der Waals surface area contributed by atoms with Gasteiger partial charge in [-0.1, -0.05) is 19.9 Å². The fourth-order valence-electron chi connectivity index (χ4n) is 2.19. The van der Waals surface area contributed by atoms with Crippen LogP contribution >= 0.6 is 0 Å². The van der Waals surface area contributed by atoms with Gasteiger partial charge in [0, 0.05) is 6.61 Å². The van der Waals surface area contributed by atoms with Crippen molar-refractivity contribution >= 4 is 0 Å². The summed E-state index contributed by atoms with van der Waals surface area (Å²) < 4.78 is 16.7. The van der Waals surface area contributed by atoms with Crippen LogP contribution in [0.15, 0.2) is 18.2 Å². The average Bonchev–Trinajstić information content (AvgIpc) is 2.46. The molecule has 1 heterocycles. The highest BCUT2D eigenvalue weighted by molar-refractivity contribution is 5.44. The van der Waals surface area contributed by atoms with E-state index in [2.05, 4.69) is 13.8 Å². The van der Waals surface area contributed by atoms with Gasteiger partial charge in [0.15, 0.2) is 11.5 Å². The van der Waals surface area contributed by atoms with Gasteiger partial charge in [-0.2, -0.15) is 0 Å². The summed E-state index contributed by atoms with van der Waals surface area (Å²) in [6.45, 7) is 6.96. The Morgan fingerprint density at radius 2 is 1.95 bits per heavy atom. The Morgan fingerprint density at radius 1 is 1.20 bits per heavy atom. The molecule has 0 radical (unpaired) electrons. The fourth-order valence-corrected chi connectivity index (χ4v) is 2.19. The molecule has 0 saturated heterocycles. The normalized spacial score (nSPS) is 15.4. The van der Waals surface area contributed by atoms with Crippen LogP contribution in [0, 0.1) is 5.92 Å². The quantitative estimate of drug-likeness (QED) is 0.780. The van der Waals surface area contributed by atoms with Crippen LogP contribution < -0.4 is 15.2 Å². The molecule has 2 rings (SSSR count). The van der Waals surface area contributed by atoms with Gasteiger partial charge >= 0.3 is 0 Å². The van der Waals surface area contributed by atoms with Gasteiger partial charge in [0.05, 0.1) is 12.6 Å². The second kappa shape index (κ2) is 7.50. The maximum absolute atomic E-state index is 6.15. The van der Waals surface area contributed by atoms with E-state index >= 15 is 0 Å². The van der Waals surface area contributed by atoms with E-state index in [4.69, 9.17) is 19.9 Å². The molecule has 112 valence electrons. The molecule has 0 fully saturated rings. The van der Waals surface area contributed by atoms with E-state index < -0.39 is 0 Å². The minimum absolute atomic E-state index is 0.120. The van der Waals surface area contributed by atoms with Crippen LogP contribution in [0.25, 0.3) is 0 Å². The Morgan fingerprint density at radius 3 is 2.70 bits per heavy atom. The third-order valence-corrected chi connectivity index (χ3v) is 3.36. The Hall–Kier alpha value is -1.26. The number of hydrogen-bond acceptors (Lipinski definition) is 4. The van der Waals surface area contributed by atoms with E-state index in [9.17, 15) is 0 Å². The zero-order valence-corrected chi connectivity index (χ0v) is 12.4. The van der Waals surface area contributed by atoms with Crippen molar-refractivity contribution in [2.45, 2.75) is 32.7 Å². The second-order valence-electron chi connectivity index (χ2n) is 5.62. The topological polar surface area (TPSA) is 53.7 Å². The van der Waals surface area contributed by atoms with E-state index in [1.54, 1.807) is 0 Å². The summed E-state index contributed by atoms with van der Waals surface area (Å²) in [5.41, 5.74) is 7.17. The van der Waals surface area contributed by atoms with Gasteiger partial charge in [-0.25, -0.2) is 0 Å². The highest BCUT2D eigenvalue weighted by Gasteiger charge is 2.14. The van der Waals surface area contributed by atoms with Crippen LogP contribution in [-0.2, 0) is 4.74 Å². The lowest BCUT2D eigenvalue weighted by Crippen LogP contribution is -2.19. The molecule has 0 spiro atoms. The first kappa shape index (κ1) is 15.1. The lowest BCUT2D eigenvalue weighted by molar-refractivity contribution is 0.115. The van der Waals surface area contributed by atoms with Crippen LogP contribution in [0.1, 0.15) is 38.3 Å². The zero-order valence-electron chi connectivity index (χ0n) is 12.4. The maximum atomic E-state index is 6.15. The molecule has 1 aromatic carbocycles. The summed E-state index contributed by atoms with van der Waals surface area (Å²) in [6, 6.07) is 5.74. The molecule has 2 N–H and O–H groups in total. The lowest BCUT2D eigenvalue weighted by atomic mass is 10.1. The van der Waals surface area contributed by atoms with Crippen LogP contribution in [0.3, 0.4) is 0 Å². The number of ether oxygens (including phenoxy) is 3. The number of rotatable bonds is 7. The molecule has 4 heteroatoms. The van der Waals surface area contributed by atoms with Crippen molar-refractivity contribution in [2.24, 2.45) is 11.7 Å². The predicted molar refractivity (Wildman–Crippen MR) is 79.3 cm³/mol. The Balaban J connectivity index is 1.79. The fraction of sp³-hybridized carbons (Fsp3) is 0.625.